The van der Waals surface area contributed by atoms with Crippen molar-refractivity contribution < 1.29 is 14.3 Å². The van der Waals surface area contributed by atoms with Crippen molar-refractivity contribution in [1.29, 1.82) is 0 Å². The van der Waals surface area contributed by atoms with Gasteiger partial charge < -0.3 is 15.4 Å². The number of anilines is 1. The molecule has 1 aromatic heterocycles. The van der Waals surface area contributed by atoms with E-state index in [2.05, 4.69) is 34.7 Å². The van der Waals surface area contributed by atoms with Crippen LogP contribution in [0.15, 0.2) is 71.7 Å². The quantitative estimate of drug-likeness (QED) is 0.362. The minimum Gasteiger partial charge on any atom is -0.497 e. The van der Waals surface area contributed by atoms with Gasteiger partial charge in [-0.1, -0.05) is 17.8 Å². The molecule has 2 heterocycles. The van der Waals surface area contributed by atoms with E-state index >= 15 is 0 Å². The molecule has 5 rings (SSSR count). The third kappa shape index (κ3) is 5.36. The number of nitrogens with zero attached hydrogens (tertiary/aromatic N) is 2. The van der Waals surface area contributed by atoms with Crippen molar-refractivity contribution in [2.45, 2.75) is 18.6 Å². The average molecular weight is 503 g/mol. The number of thiazole rings is 1. The van der Waals surface area contributed by atoms with E-state index in [0.717, 1.165) is 26.5 Å². The van der Waals surface area contributed by atoms with Gasteiger partial charge in [-0.05, 0) is 73.2 Å². The summed E-state index contributed by atoms with van der Waals surface area (Å²) in [5.74, 6) is 0.278. The van der Waals surface area contributed by atoms with E-state index in [1.165, 1.54) is 17.3 Å². The Labute approximate surface area is 210 Å². The molecule has 4 aromatic rings. The number of aliphatic imine (C=N–C) groups is 1. The first-order valence-electron chi connectivity index (χ1n) is 10.9. The van der Waals surface area contributed by atoms with E-state index in [-0.39, 0.29) is 18.2 Å². The number of carbonyl (C=O) groups excluding carboxylic acids is 2. The number of aryl methyl sites for hydroxylation is 1. The number of amides is 2. The summed E-state index contributed by atoms with van der Waals surface area (Å²) in [4.78, 5) is 34.1. The van der Waals surface area contributed by atoms with Gasteiger partial charge in [0.15, 0.2) is 5.17 Å². The summed E-state index contributed by atoms with van der Waals surface area (Å²) in [5.41, 5.74) is 4.55. The Balaban J connectivity index is 1.19. The Hall–Kier alpha value is -3.69. The number of aromatic nitrogens is 1. The first-order valence-corrected chi connectivity index (χ1v) is 12.6. The molecule has 0 radical (unpaired) electrons. The van der Waals surface area contributed by atoms with Crippen molar-refractivity contribution >= 4 is 61.7 Å². The Morgan fingerprint density at radius 2 is 1.89 bits per heavy atom. The number of nitrogens with one attached hydrogen (secondary N) is 2. The van der Waals surface area contributed by atoms with Gasteiger partial charge in [0, 0.05) is 17.7 Å². The van der Waals surface area contributed by atoms with Crippen LogP contribution in [0.4, 0.5) is 11.4 Å². The topological polar surface area (TPSA) is 92.7 Å². The third-order valence-electron chi connectivity index (χ3n) is 5.41. The van der Waals surface area contributed by atoms with Crippen LogP contribution in [0.3, 0.4) is 0 Å². The number of amidine groups is 1. The number of carbonyl (C=O) groups is 2. The fourth-order valence-corrected chi connectivity index (χ4v) is 5.66. The molecule has 1 unspecified atom stereocenters. The summed E-state index contributed by atoms with van der Waals surface area (Å²) in [6, 6.07) is 21.0. The highest BCUT2D eigenvalue weighted by Crippen LogP contribution is 2.31. The van der Waals surface area contributed by atoms with Gasteiger partial charge in [-0.2, -0.15) is 0 Å². The van der Waals surface area contributed by atoms with Crippen molar-refractivity contribution in [2.75, 3.05) is 12.4 Å². The fourth-order valence-electron chi connectivity index (χ4n) is 3.60. The number of rotatable bonds is 6. The van der Waals surface area contributed by atoms with Crippen LogP contribution in [-0.2, 0) is 9.59 Å². The van der Waals surface area contributed by atoms with Crippen LogP contribution in [-0.4, -0.2) is 34.3 Å². The second kappa shape index (κ2) is 9.89. The number of thioether (sulfide) groups is 1. The van der Waals surface area contributed by atoms with Crippen molar-refractivity contribution in [3.8, 4) is 16.3 Å². The second-order valence-corrected chi connectivity index (χ2v) is 10.3. The Kier molecular flexibility index (Phi) is 6.52. The second-order valence-electron chi connectivity index (χ2n) is 8.03. The van der Waals surface area contributed by atoms with Crippen molar-refractivity contribution in [3.05, 3.63) is 72.3 Å². The zero-order valence-corrected chi connectivity index (χ0v) is 20.7. The van der Waals surface area contributed by atoms with Crippen LogP contribution in [0.2, 0.25) is 0 Å². The number of methoxy groups -OCH3 is 1. The molecule has 176 valence electrons. The predicted molar refractivity (Wildman–Crippen MR) is 143 cm³/mol. The van der Waals surface area contributed by atoms with Gasteiger partial charge in [0.2, 0.25) is 11.8 Å². The third-order valence-corrected chi connectivity index (χ3v) is 7.56. The molecule has 0 aliphatic carbocycles. The minimum absolute atomic E-state index is 0.0527. The summed E-state index contributed by atoms with van der Waals surface area (Å²) in [6.07, 6.45) is 0.0527. The van der Waals surface area contributed by atoms with Crippen LogP contribution >= 0.6 is 23.1 Å². The largest absolute Gasteiger partial charge is 0.497 e. The first-order chi connectivity index (χ1) is 17.0. The first kappa shape index (κ1) is 23.1. The number of hydrogen-bond acceptors (Lipinski definition) is 7. The maximum Gasteiger partial charge on any atom is 0.240 e. The molecule has 0 bridgehead atoms. The maximum atomic E-state index is 12.6. The molecular formula is C26H22N4O3S2. The fraction of sp³-hybridized carbons (Fsp3) is 0.154. The van der Waals surface area contributed by atoms with E-state index in [4.69, 9.17) is 9.72 Å². The molecular weight excluding hydrogens is 480 g/mol. The lowest BCUT2D eigenvalue weighted by molar-refractivity contribution is -0.122. The molecule has 1 aliphatic rings. The van der Waals surface area contributed by atoms with Gasteiger partial charge in [-0.15, -0.1) is 11.3 Å². The lowest BCUT2D eigenvalue weighted by Gasteiger charge is -2.08. The summed E-state index contributed by atoms with van der Waals surface area (Å²) < 4.78 is 6.29. The van der Waals surface area contributed by atoms with Crippen LogP contribution in [0.5, 0.6) is 5.75 Å². The molecule has 0 saturated carbocycles. The molecule has 9 heteroatoms. The molecule has 1 fully saturated rings. The molecule has 1 aliphatic heterocycles. The van der Waals surface area contributed by atoms with Crippen LogP contribution < -0.4 is 15.4 Å². The normalized spacial score (nSPS) is 16.5. The Morgan fingerprint density at radius 3 is 2.63 bits per heavy atom. The SMILES string of the molecule is COc1ccc(N=C2NC(=O)C(CC(=O)Nc3ccc(-c4nc5ccc(C)cc5s4)cc3)S2)cc1. The summed E-state index contributed by atoms with van der Waals surface area (Å²) in [6.45, 7) is 2.07. The summed E-state index contributed by atoms with van der Waals surface area (Å²) >= 11 is 2.90. The molecule has 35 heavy (non-hydrogen) atoms. The predicted octanol–water partition coefficient (Wildman–Crippen LogP) is 5.53. The number of hydrogen-bond donors (Lipinski definition) is 2. The monoisotopic (exact) mass is 502 g/mol. The van der Waals surface area contributed by atoms with Crippen LogP contribution in [0.25, 0.3) is 20.8 Å². The Morgan fingerprint density at radius 1 is 1.11 bits per heavy atom. The summed E-state index contributed by atoms with van der Waals surface area (Å²) in [7, 11) is 1.60. The standard InChI is InChI=1S/C26H22N4O3S2/c1-15-3-12-20-21(13-15)34-25(29-20)16-4-6-17(7-5-16)27-23(31)14-22-24(32)30-26(35-22)28-18-8-10-19(33-2)11-9-18/h3-13,22H,14H2,1-2H3,(H,27,31)(H,28,30,32). The smallest absolute Gasteiger partial charge is 0.240 e. The van der Waals surface area contributed by atoms with Gasteiger partial charge in [0.1, 0.15) is 16.0 Å². The van der Waals surface area contributed by atoms with E-state index in [1.54, 1.807) is 42.7 Å². The van der Waals surface area contributed by atoms with E-state index < -0.39 is 5.25 Å². The lowest BCUT2D eigenvalue weighted by atomic mass is 10.2. The van der Waals surface area contributed by atoms with Crippen LogP contribution in [0.1, 0.15) is 12.0 Å². The van der Waals surface area contributed by atoms with Crippen LogP contribution in [0, 0.1) is 6.92 Å². The Bertz CT molecular complexity index is 1430. The molecule has 1 atom stereocenters. The summed E-state index contributed by atoms with van der Waals surface area (Å²) in [5, 5.41) is 6.51. The molecule has 2 N–H and O–H groups in total. The van der Waals surface area contributed by atoms with Gasteiger partial charge in [-0.25, -0.2) is 9.98 Å². The van der Waals surface area contributed by atoms with E-state index in [1.807, 2.05) is 30.3 Å². The molecule has 0 spiro atoms. The number of benzene rings is 3. The highest BCUT2D eigenvalue weighted by atomic mass is 32.2. The molecule has 3 aromatic carbocycles. The van der Waals surface area contributed by atoms with Gasteiger partial charge in [-0.3, -0.25) is 9.59 Å². The molecule has 7 nitrogen and oxygen atoms in total. The van der Waals surface area contributed by atoms with E-state index in [9.17, 15) is 9.59 Å². The number of ether oxygens (including phenoxy) is 1. The number of fused-ring (bicyclic) bond motifs is 1. The van der Waals surface area contributed by atoms with Crippen molar-refractivity contribution in [3.63, 3.8) is 0 Å². The zero-order chi connectivity index (χ0) is 24.4. The highest BCUT2D eigenvalue weighted by molar-refractivity contribution is 8.15. The molecule has 2 amide bonds. The van der Waals surface area contributed by atoms with Gasteiger partial charge in [0.25, 0.3) is 0 Å². The van der Waals surface area contributed by atoms with Crippen molar-refractivity contribution in [2.24, 2.45) is 4.99 Å². The molecule has 1 saturated heterocycles. The minimum atomic E-state index is -0.530. The highest BCUT2D eigenvalue weighted by Gasteiger charge is 2.32. The van der Waals surface area contributed by atoms with E-state index in [0.29, 0.717) is 16.5 Å². The van der Waals surface area contributed by atoms with Gasteiger partial charge >= 0.3 is 0 Å². The lowest BCUT2D eigenvalue weighted by Crippen LogP contribution is -2.28. The zero-order valence-electron chi connectivity index (χ0n) is 19.1. The maximum absolute atomic E-state index is 12.6. The van der Waals surface area contributed by atoms with Crippen molar-refractivity contribution in [1.82, 2.24) is 10.3 Å². The average Bonchev–Trinajstić information content (AvgIpc) is 3.42. The van der Waals surface area contributed by atoms with Gasteiger partial charge in [0.05, 0.1) is 23.0 Å².